The molecule has 0 aliphatic rings. The Kier molecular flexibility index (Phi) is 13.0. The third-order valence-electron chi connectivity index (χ3n) is 8.79. The van der Waals surface area contributed by atoms with Crippen LogP contribution in [0.1, 0.15) is 93.2 Å². The molecule has 0 aliphatic carbocycles. The van der Waals surface area contributed by atoms with Crippen LogP contribution < -0.4 is 0 Å². The van der Waals surface area contributed by atoms with Crippen molar-refractivity contribution in [3.05, 3.63) is 57.9 Å². The predicted octanol–water partition coefficient (Wildman–Crippen LogP) is 10.7. The molecule has 6 heteroatoms. The van der Waals surface area contributed by atoms with Crippen molar-refractivity contribution in [2.45, 2.75) is 92.4 Å². The molecule has 0 aliphatic heterocycles. The van der Waals surface area contributed by atoms with Crippen LogP contribution in [0.15, 0.2) is 41.7 Å². The van der Waals surface area contributed by atoms with Crippen LogP contribution in [0.4, 0.5) is 0 Å². The van der Waals surface area contributed by atoms with Gasteiger partial charge in [-0.05, 0) is 59.5 Å². The Hall–Kier alpha value is -0.667. The number of hydrogen-bond acceptors (Lipinski definition) is 2. The van der Waals surface area contributed by atoms with Crippen molar-refractivity contribution in [3.8, 4) is 0 Å². The monoisotopic (exact) mass is 686 g/mol. The van der Waals surface area contributed by atoms with Gasteiger partial charge in [-0.2, -0.15) is 0 Å². The van der Waals surface area contributed by atoms with E-state index in [-0.39, 0.29) is 29.8 Å². The summed E-state index contributed by atoms with van der Waals surface area (Å²) < 4.78 is 0. The number of fused-ring (bicyclic) bond motifs is 2. The number of halogens is 1. The van der Waals surface area contributed by atoms with Crippen LogP contribution in [0.3, 0.4) is 0 Å². The number of para-hydroxylation sites is 1. The molecule has 2 aromatic carbocycles. The molecule has 0 fully saturated rings. The minimum atomic E-state index is -0.210. The fourth-order valence-corrected chi connectivity index (χ4v) is 10.5. The number of benzene rings is 2. The van der Waals surface area contributed by atoms with Gasteiger partial charge in [-0.1, -0.05) is 120 Å². The molecule has 0 N–H and O–H groups in total. The van der Waals surface area contributed by atoms with Crippen LogP contribution in [0.5, 0.6) is 0 Å². The van der Waals surface area contributed by atoms with Crippen molar-refractivity contribution in [2.24, 2.45) is 23.7 Å². The maximum atomic E-state index is 12.0. The molecular formula is C34H49ClNOP2Ru+. The molecule has 1 aromatic heterocycles. The van der Waals surface area contributed by atoms with Gasteiger partial charge in [-0.3, -0.25) is 0 Å². The van der Waals surface area contributed by atoms with Crippen LogP contribution in [-0.2, 0) is 34.6 Å². The quantitative estimate of drug-likeness (QED) is 0.0822. The maximum absolute atomic E-state index is 12.0. The fraction of sp³-hybridized carbons (Fsp3) is 0.559. The van der Waals surface area contributed by atoms with Crippen LogP contribution in [-0.4, -0.2) is 17.1 Å². The van der Waals surface area contributed by atoms with Crippen molar-refractivity contribution in [3.63, 3.8) is 0 Å². The number of aromatic nitrogens is 1. The molecule has 3 rings (SSSR count). The van der Waals surface area contributed by atoms with Gasteiger partial charge in [-0.25, -0.2) is 9.78 Å². The standard InChI is InChI=1S/C34H48ClNOP2.Ru.H/c1-11-18-38-33(21(3)4,22(5)6)29-16-17-30(35)27-19-25-14-13-15-28(31(25)36-32(27)29)34(23(7)8,24(9)10)39-26(12-2)20-37;;/h13-17,19,21-24,38-39H,11-12,18H2,1-10H3;;/q;+1;. The Morgan fingerprint density at radius 2 is 1.45 bits per heavy atom. The zero-order valence-corrected chi connectivity index (χ0v) is 30.6. The average molecular weight is 686 g/mol. The normalized spacial score (nSPS) is 13.2. The summed E-state index contributed by atoms with van der Waals surface area (Å²) in [6.45, 7) is 23.0. The molecule has 0 spiro atoms. The first-order chi connectivity index (χ1) is 18.4. The summed E-state index contributed by atoms with van der Waals surface area (Å²) in [6.07, 6.45) is 3.12. The average Bonchev–Trinajstić information content (AvgIpc) is 2.89. The summed E-state index contributed by atoms with van der Waals surface area (Å²) in [4.78, 5) is 17.5. The van der Waals surface area contributed by atoms with E-state index in [9.17, 15) is 4.79 Å². The second-order valence-corrected chi connectivity index (χ2v) is 16.0. The Labute approximate surface area is 264 Å². The van der Waals surface area contributed by atoms with Crippen LogP contribution in [0.2, 0.25) is 5.02 Å². The molecule has 0 saturated heterocycles. The summed E-state index contributed by atoms with van der Waals surface area (Å²) in [5.74, 6) is 3.87. The number of allylic oxidation sites excluding steroid dienone is 1. The second kappa shape index (κ2) is 14.7. The second-order valence-electron chi connectivity index (χ2n) is 12.2. The van der Waals surface area contributed by atoms with Gasteiger partial charge in [0.15, 0.2) is 0 Å². The van der Waals surface area contributed by atoms with E-state index in [0.717, 1.165) is 47.1 Å². The summed E-state index contributed by atoms with van der Waals surface area (Å²) in [7, 11) is 1.18. The first kappa shape index (κ1) is 35.5. The first-order valence-corrected chi connectivity index (χ1v) is 17.3. The fourth-order valence-electron chi connectivity index (χ4n) is 6.78. The summed E-state index contributed by atoms with van der Waals surface area (Å²) >= 11 is 6.90. The third kappa shape index (κ3) is 6.32. The van der Waals surface area contributed by atoms with Crippen LogP contribution >= 0.6 is 28.8 Å². The molecule has 0 amide bonds. The Morgan fingerprint density at radius 3 is 1.95 bits per heavy atom. The first-order valence-electron chi connectivity index (χ1n) is 14.7. The van der Waals surface area contributed by atoms with Crippen molar-refractivity contribution in [1.29, 1.82) is 0 Å². The molecule has 0 bridgehead atoms. The number of pyridine rings is 1. The van der Waals surface area contributed by atoms with Gasteiger partial charge < -0.3 is 0 Å². The van der Waals surface area contributed by atoms with Gasteiger partial charge in [0.2, 0.25) is 0 Å². The molecule has 1 radical (unpaired) electrons. The molecule has 2 atom stereocenters. The SMILES string of the molecule is CCCPC(c1ccc(Cl)c2cc3cccc(C(PC(=C=O)CC)(C(C)C)C(C)C)c3nc12)(C(C)C)C(C)C.[RuH+]. The van der Waals surface area contributed by atoms with Gasteiger partial charge in [0, 0.05) is 26.4 Å². The van der Waals surface area contributed by atoms with E-state index < -0.39 is 0 Å². The number of hydrogen-bond donors (Lipinski definition) is 0. The molecule has 1 heterocycles. The number of rotatable bonds is 12. The van der Waals surface area contributed by atoms with Gasteiger partial charge >= 0.3 is 19.5 Å². The summed E-state index contributed by atoms with van der Waals surface area (Å²) in [5.41, 5.74) is 4.66. The summed E-state index contributed by atoms with van der Waals surface area (Å²) in [6, 6.07) is 13.2. The number of nitrogens with zero attached hydrogens (tertiary/aromatic N) is 1. The minimum absolute atomic E-state index is 0. The molecule has 40 heavy (non-hydrogen) atoms. The van der Waals surface area contributed by atoms with Gasteiger partial charge in [0.25, 0.3) is 0 Å². The van der Waals surface area contributed by atoms with Crippen molar-refractivity contribution >= 4 is 56.5 Å². The Balaban J connectivity index is 0.00000560. The molecule has 3 aromatic rings. The van der Waals surface area contributed by atoms with E-state index in [4.69, 9.17) is 16.6 Å². The molecule has 2 nitrogen and oxygen atoms in total. The van der Waals surface area contributed by atoms with Crippen LogP contribution in [0, 0.1) is 23.7 Å². The Morgan fingerprint density at radius 1 is 0.875 bits per heavy atom. The topological polar surface area (TPSA) is 30.0 Å². The third-order valence-corrected chi connectivity index (χ3v) is 14.5. The van der Waals surface area contributed by atoms with Crippen molar-refractivity contribution in [2.75, 3.05) is 6.16 Å². The van der Waals surface area contributed by atoms with Gasteiger partial charge in [0.05, 0.1) is 16.1 Å². The molecule has 220 valence electrons. The van der Waals surface area contributed by atoms with E-state index in [0.29, 0.717) is 32.3 Å². The molecule has 0 saturated carbocycles. The predicted molar refractivity (Wildman–Crippen MR) is 180 cm³/mol. The van der Waals surface area contributed by atoms with E-state index in [1.54, 1.807) is 0 Å². The summed E-state index contributed by atoms with van der Waals surface area (Å²) in [5, 5.41) is 3.59. The number of carbonyl (C=O) groups excluding carboxylic acids is 1. The van der Waals surface area contributed by atoms with E-state index >= 15 is 0 Å². The zero-order valence-electron chi connectivity index (χ0n) is 26.0. The van der Waals surface area contributed by atoms with E-state index in [1.165, 1.54) is 23.7 Å². The molecular weight excluding hydrogens is 637 g/mol. The van der Waals surface area contributed by atoms with Gasteiger partial charge in [0.1, 0.15) is 5.94 Å². The van der Waals surface area contributed by atoms with E-state index in [1.807, 2.05) is 0 Å². The molecule has 2 unspecified atom stereocenters. The zero-order chi connectivity index (χ0) is 29.1. The van der Waals surface area contributed by atoms with Gasteiger partial charge in [-0.15, -0.1) is 8.58 Å². The van der Waals surface area contributed by atoms with Crippen molar-refractivity contribution < 1.29 is 24.3 Å². The van der Waals surface area contributed by atoms with E-state index in [2.05, 4.69) is 112 Å². The van der Waals surface area contributed by atoms with Crippen LogP contribution in [0.25, 0.3) is 21.8 Å². The van der Waals surface area contributed by atoms with Crippen molar-refractivity contribution in [1.82, 2.24) is 4.98 Å². The Bertz CT molecular complexity index is 1350.